The van der Waals surface area contributed by atoms with Gasteiger partial charge in [-0.1, -0.05) is 12.2 Å². The number of rotatable bonds is 4. The van der Waals surface area contributed by atoms with E-state index in [1.165, 1.54) is 4.88 Å². The molecular formula is C14H15NOS. The van der Waals surface area contributed by atoms with E-state index in [1.807, 2.05) is 49.5 Å². The van der Waals surface area contributed by atoms with Crippen molar-refractivity contribution in [3.63, 3.8) is 0 Å². The van der Waals surface area contributed by atoms with E-state index < -0.39 is 0 Å². The summed E-state index contributed by atoms with van der Waals surface area (Å²) < 4.78 is 5.54. The minimum Gasteiger partial charge on any atom is -0.490 e. The first-order valence-corrected chi connectivity index (χ1v) is 6.38. The summed E-state index contributed by atoms with van der Waals surface area (Å²) in [5.74, 6) is 0.889. The lowest BCUT2D eigenvalue weighted by Gasteiger charge is -2.03. The van der Waals surface area contributed by atoms with Crippen molar-refractivity contribution >= 4 is 11.3 Å². The highest BCUT2D eigenvalue weighted by molar-refractivity contribution is 7.14. The van der Waals surface area contributed by atoms with E-state index >= 15 is 0 Å². The van der Waals surface area contributed by atoms with E-state index in [0.717, 1.165) is 16.3 Å². The molecule has 0 aliphatic heterocycles. The molecule has 3 heteroatoms. The molecule has 1 heterocycles. The summed E-state index contributed by atoms with van der Waals surface area (Å²) in [5, 5.41) is 1.06. The molecule has 0 bridgehead atoms. The highest BCUT2D eigenvalue weighted by Gasteiger charge is 2.02. The smallest absolute Gasteiger partial charge is 0.123 e. The Morgan fingerprint density at radius 2 is 2.06 bits per heavy atom. The van der Waals surface area contributed by atoms with Crippen molar-refractivity contribution in [2.45, 2.75) is 13.8 Å². The number of nitrogens with zero attached hydrogens (tertiary/aromatic N) is 1. The Hall–Kier alpha value is -1.61. The summed E-state index contributed by atoms with van der Waals surface area (Å²) in [6.07, 6.45) is 5.86. The Morgan fingerprint density at radius 1 is 1.29 bits per heavy atom. The van der Waals surface area contributed by atoms with Crippen molar-refractivity contribution in [3.05, 3.63) is 47.5 Å². The Morgan fingerprint density at radius 3 is 2.65 bits per heavy atom. The van der Waals surface area contributed by atoms with Gasteiger partial charge in [0.15, 0.2) is 0 Å². The number of aromatic nitrogens is 1. The van der Waals surface area contributed by atoms with Gasteiger partial charge in [-0.2, -0.15) is 0 Å². The minimum absolute atomic E-state index is 0.617. The lowest BCUT2D eigenvalue weighted by molar-refractivity contribution is 0.363. The number of hydrogen-bond donors (Lipinski definition) is 0. The molecule has 0 aliphatic carbocycles. The Labute approximate surface area is 106 Å². The topological polar surface area (TPSA) is 22.1 Å². The zero-order valence-corrected chi connectivity index (χ0v) is 10.8. The van der Waals surface area contributed by atoms with Gasteiger partial charge in [0, 0.05) is 16.6 Å². The van der Waals surface area contributed by atoms with E-state index in [9.17, 15) is 0 Å². The Bertz CT molecular complexity index is 499. The number of aryl methyl sites for hydroxylation is 1. The van der Waals surface area contributed by atoms with Crippen LogP contribution in [0.2, 0.25) is 0 Å². The quantitative estimate of drug-likeness (QED) is 0.757. The predicted molar refractivity (Wildman–Crippen MR) is 72.6 cm³/mol. The molecular weight excluding hydrogens is 230 g/mol. The highest BCUT2D eigenvalue weighted by Crippen LogP contribution is 2.26. The van der Waals surface area contributed by atoms with Gasteiger partial charge in [0.25, 0.3) is 0 Å². The summed E-state index contributed by atoms with van der Waals surface area (Å²) in [6, 6.07) is 8.05. The largest absolute Gasteiger partial charge is 0.490 e. The molecule has 0 atom stereocenters. The van der Waals surface area contributed by atoms with Crippen LogP contribution in [0.5, 0.6) is 5.75 Å². The van der Waals surface area contributed by atoms with E-state index in [-0.39, 0.29) is 0 Å². The summed E-state index contributed by atoms with van der Waals surface area (Å²) in [4.78, 5) is 5.59. The molecule has 1 aromatic heterocycles. The van der Waals surface area contributed by atoms with Crippen molar-refractivity contribution in [1.82, 2.24) is 4.98 Å². The number of hydrogen-bond acceptors (Lipinski definition) is 3. The standard InChI is InChI=1S/C14H15NOS/c1-3-4-9-16-13-7-5-12(6-8-13)14-15-10-11(2)17-14/h3-8,10H,9H2,1-2H3. The molecule has 2 rings (SSSR count). The van der Waals surface area contributed by atoms with Gasteiger partial charge >= 0.3 is 0 Å². The van der Waals surface area contributed by atoms with Gasteiger partial charge in [0.2, 0.25) is 0 Å². The summed E-state index contributed by atoms with van der Waals surface area (Å²) >= 11 is 1.71. The first kappa shape index (κ1) is 11.9. The molecule has 2 nitrogen and oxygen atoms in total. The molecule has 17 heavy (non-hydrogen) atoms. The van der Waals surface area contributed by atoms with Crippen LogP contribution in [0, 0.1) is 6.92 Å². The van der Waals surface area contributed by atoms with Crippen molar-refractivity contribution in [2.24, 2.45) is 0 Å². The second-order valence-electron chi connectivity index (χ2n) is 3.68. The van der Waals surface area contributed by atoms with Crippen molar-refractivity contribution in [3.8, 4) is 16.3 Å². The van der Waals surface area contributed by atoms with E-state index in [4.69, 9.17) is 4.74 Å². The second-order valence-corrected chi connectivity index (χ2v) is 4.92. The molecule has 0 amide bonds. The molecule has 0 saturated carbocycles. The van der Waals surface area contributed by atoms with Crippen molar-refractivity contribution in [1.29, 1.82) is 0 Å². The number of ether oxygens (including phenoxy) is 1. The van der Waals surface area contributed by atoms with E-state index in [0.29, 0.717) is 6.61 Å². The molecule has 0 radical (unpaired) electrons. The van der Waals surface area contributed by atoms with Crippen LogP contribution in [0.3, 0.4) is 0 Å². The SMILES string of the molecule is CC=CCOc1ccc(-c2ncc(C)s2)cc1. The molecule has 0 aliphatic rings. The van der Waals surface area contributed by atoms with Crippen LogP contribution in [-0.2, 0) is 0 Å². The minimum atomic E-state index is 0.617. The summed E-state index contributed by atoms with van der Waals surface area (Å²) in [7, 11) is 0. The van der Waals surface area contributed by atoms with Gasteiger partial charge in [-0.15, -0.1) is 11.3 Å². The van der Waals surface area contributed by atoms with Crippen LogP contribution in [0.15, 0.2) is 42.6 Å². The molecule has 88 valence electrons. The first-order chi connectivity index (χ1) is 8.29. The average molecular weight is 245 g/mol. The van der Waals surface area contributed by atoms with Crippen LogP contribution < -0.4 is 4.74 Å². The van der Waals surface area contributed by atoms with Crippen LogP contribution in [0.25, 0.3) is 10.6 Å². The first-order valence-electron chi connectivity index (χ1n) is 5.56. The molecule has 0 spiro atoms. The summed E-state index contributed by atoms with van der Waals surface area (Å²) in [6.45, 7) is 4.67. The third-order valence-corrected chi connectivity index (χ3v) is 3.27. The third-order valence-electron chi connectivity index (χ3n) is 2.30. The molecule has 2 aromatic rings. The van der Waals surface area contributed by atoms with Gasteiger partial charge in [0.1, 0.15) is 17.4 Å². The fraction of sp³-hybridized carbons (Fsp3) is 0.214. The zero-order valence-electron chi connectivity index (χ0n) is 10.0. The van der Waals surface area contributed by atoms with Gasteiger partial charge in [-0.3, -0.25) is 0 Å². The monoisotopic (exact) mass is 245 g/mol. The number of benzene rings is 1. The fourth-order valence-electron chi connectivity index (χ4n) is 1.42. The maximum Gasteiger partial charge on any atom is 0.123 e. The Kier molecular flexibility index (Phi) is 3.94. The molecule has 0 unspecified atom stereocenters. The zero-order chi connectivity index (χ0) is 12.1. The van der Waals surface area contributed by atoms with Gasteiger partial charge in [0.05, 0.1) is 0 Å². The molecule has 1 aromatic carbocycles. The summed E-state index contributed by atoms with van der Waals surface area (Å²) in [5.41, 5.74) is 1.14. The van der Waals surface area contributed by atoms with E-state index in [1.54, 1.807) is 11.3 Å². The van der Waals surface area contributed by atoms with E-state index in [2.05, 4.69) is 11.9 Å². The van der Waals surface area contributed by atoms with Gasteiger partial charge < -0.3 is 4.74 Å². The third kappa shape index (κ3) is 3.17. The predicted octanol–water partition coefficient (Wildman–Crippen LogP) is 4.07. The molecule has 0 N–H and O–H groups in total. The van der Waals surface area contributed by atoms with Crippen LogP contribution in [0.1, 0.15) is 11.8 Å². The molecule has 0 fully saturated rings. The van der Waals surface area contributed by atoms with Crippen LogP contribution in [0.4, 0.5) is 0 Å². The lowest BCUT2D eigenvalue weighted by Crippen LogP contribution is -1.92. The molecule has 0 saturated heterocycles. The normalized spacial score (nSPS) is 10.9. The maximum atomic E-state index is 5.54. The fourth-order valence-corrected chi connectivity index (χ4v) is 2.19. The van der Waals surface area contributed by atoms with Crippen LogP contribution in [-0.4, -0.2) is 11.6 Å². The second kappa shape index (κ2) is 5.64. The van der Waals surface area contributed by atoms with Gasteiger partial charge in [-0.25, -0.2) is 4.98 Å². The Balaban J connectivity index is 2.07. The number of thiazole rings is 1. The lowest BCUT2D eigenvalue weighted by atomic mass is 10.2. The van der Waals surface area contributed by atoms with Gasteiger partial charge in [-0.05, 0) is 38.1 Å². The van der Waals surface area contributed by atoms with Crippen LogP contribution >= 0.6 is 11.3 Å². The maximum absolute atomic E-state index is 5.54. The number of allylic oxidation sites excluding steroid dienone is 1. The average Bonchev–Trinajstić information content (AvgIpc) is 2.77. The highest BCUT2D eigenvalue weighted by atomic mass is 32.1. The van der Waals surface area contributed by atoms with Crippen molar-refractivity contribution < 1.29 is 4.74 Å². The van der Waals surface area contributed by atoms with Crippen molar-refractivity contribution in [2.75, 3.05) is 6.61 Å².